The first-order chi connectivity index (χ1) is 16.5. The van der Waals surface area contributed by atoms with E-state index in [0.29, 0.717) is 11.3 Å². The summed E-state index contributed by atoms with van der Waals surface area (Å²) in [6, 6.07) is 14.8. The van der Waals surface area contributed by atoms with Crippen LogP contribution in [0.4, 0.5) is 5.69 Å². The van der Waals surface area contributed by atoms with Crippen LogP contribution in [0.3, 0.4) is 0 Å². The summed E-state index contributed by atoms with van der Waals surface area (Å²) >= 11 is 0. The fourth-order valence-corrected chi connectivity index (χ4v) is 5.50. The van der Waals surface area contributed by atoms with Gasteiger partial charge < -0.3 is 10.1 Å². The fourth-order valence-electron chi connectivity index (χ4n) is 5.50. The molecule has 2 fully saturated rings. The number of fused-ring (bicyclic) bond motifs is 5. The maximum Gasteiger partial charge on any atom is 0.338 e. The molecule has 3 amide bonds. The van der Waals surface area contributed by atoms with Gasteiger partial charge in [0.1, 0.15) is 6.04 Å². The minimum atomic E-state index is -0.961. The second kappa shape index (κ2) is 8.89. The van der Waals surface area contributed by atoms with E-state index in [1.54, 1.807) is 31.2 Å². The maximum absolute atomic E-state index is 13.5. The lowest BCUT2D eigenvalue weighted by atomic mass is 9.85. The Kier molecular flexibility index (Phi) is 5.77. The lowest BCUT2D eigenvalue weighted by Gasteiger charge is -2.27. The molecular formula is C27H26N2O5. The zero-order valence-corrected chi connectivity index (χ0v) is 18.8. The number of likely N-dealkylation sites (tertiary alicyclic amines) is 1. The van der Waals surface area contributed by atoms with Crippen molar-refractivity contribution in [2.45, 2.75) is 25.8 Å². The molecule has 2 aromatic carbocycles. The zero-order chi connectivity index (χ0) is 23.8. The molecule has 1 saturated carbocycles. The smallest absolute Gasteiger partial charge is 0.338 e. The minimum absolute atomic E-state index is 0.0762. The van der Waals surface area contributed by atoms with Gasteiger partial charge >= 0.3 is 5.97 Å². The molecule has 0 aromatic heterocycles. The molecule has 2 bridgehead atoms. The number of allylic oxidation sites excluding steroid dienone is 2. The van der Waals surface area contributed by atoms with Crippen LogP contribution in [0.15, 0.2) is 66.7 Å². The van der Waals surface area contributed by atoms with Gasteiger partial charge in [-0.15, -0.1) is 0 Å². The van der Waals surface area contributed by atoms with Gasteiger partial charge in [-0.2, -0.15) is 0 Å². The number of esters is 1. The number of benzene rings is 2. The number of rotatable bonds is 7. The van der Waals surface area contributed by atoms with E-state index in [4.69, 9.17) is 4.74 Å². The highest BCUT2D eigenvalue weighted by Crippen LogP contribution is 2.53. The molecule has 2 aromatic rings. The van der Waals surface area contributed by atoms with E-state index >= 15 is 0 Å². The first kappa shape index (κ1) is 22.1. The Morgan fingerprint density at radius 3 is 2.18 bits per heavy atom. The summed E-state index contributed by atoms with van der Waals surface area (Å²) in [6.45, 7) is 2.01. The van der Waals surface area contributed by atoms with Crippen LogP contribution >= 0.6 is 0 Å². The van der Waals surface area contributed by atoms with Crippen molar-refractivity contribution in [2.75, 3.05) is 11.9 Å². The van der Waals surface area contributed by atoms with Gasteiger partial charge in [0.25, 0.3) is 0 Å². The molecule has 0 unspecified atom stereocenters. The number of hydrogen-bond acceptors (Lipinski definition) is 5. The summed E-state index contributed by atoms with van der Waals surface area (Å²) in [5, 5.41) is 2.83. The van der Waals surface area contributed by atoms with E-state index in [9.17, 15) is 19.2 Å². The Morgan fingerprint density at radius 1 is 0.971 bits per heavy atom. The largest absolute Gasteiger partial charge is 0.462 e. The summed E-state index contributed by atoms with van der Waals surface area (Å²) in [7, 11) is 0. The van der Waals surface area contributed by atoms with Crippen molar-refractivity contribution in [1.29, 1.82) is 0 Å². The van der Waals surface area contributed by atoms with Crippen LogP contribution in [0.1, 0.15) is 29.3 Å². The van der Waals surface area contributed by atoms with Crippen LogP contribution in [-0.4, -0.2) is 41.2 Å². The molecule has 1 saturated heterocycles. The minimum Gasteiger partial charge on any atom is -0.462 e. The van der Waals surface area contributed by atoms with Crippen LogP contribution in [-0.2, 0) is 25.5 Å². The van der Waals surface area contributed by atoms with Crippen LogP contribution in [0.25, 0.3) is 0 Å². The molecule has 2 aliphatic carbocycles. The fraction of sp³-hybridized carbons (Fsp3) is 0.333. The topological polar surface area (TPSA) is 92.8 Å². The first-order valence-corrected chi connectivity index (χ1v) is 11.6. The number of imide groups is 1. The third kappa shape index (κ3) is 3.81. The van der Waals surface area contributed by atoms with E-state index in [1.165, 1.54) is 4.90 Å². The molecule has 34 heavy (non-hydrogen) atoms. The van der Waals surface area contributed by atoms with Gasteiger partial charge in [0.2, 0.25) is 17.7 Å². The number of hydrogen-bond donors (Lipinski definition) is 1. The van der Waals surface area contributed by atoms with Crippen molar-refractivity contribution in [3.05, 3.63) is 77.9 Å². The molecule has 5 rings (SSSR count). The molecule has 3 aliphatic rings. The highest BCUT2D eigenvalue weighted by atomic mass is 16.5. The number of carbonyl (C=O) groups is 4. The molecule has 7 nitrogen and oxygen atoms in total. The predicted molar refractivity (Wildman–Crippen MR) is 125 cm³/mol. The van der Waals surface area contributed by atoms with Crippen LogP contribution in [0, 0.1) is 23.7 Å². The Bertz CT molecular complexity index is 1130. The number of anilines is 1. The monoisotopic (exact) mass is 458 g/mol. The van der Waals surface area contributed by atoms with Gasteiger partial charge in [0.05, 0.1) is 24.0 Å². The standard InChI is InChI=1S/C27H26N2O5/c1-2-34-27(33)17-10-12-20(13-11-17)28-24(30)21(14-16-6-4-3-5-7-16)29-25(31)22-18-8-9-19(15-18)23(22)26(29)32/h3-13,18-19,21-23H,2,14-15H2,1H3,(H,28,30)/t18-,19-,21-,22-,23-/m0/s1. The predicted octanol–water partition coefficient (Wildman–Crippen LogP) is 3.22. The third-order valence-electron chi connectivity index (χ3n) is 7.05. The highest BCUT2D eigenvalue weighted by Gasteiger charge is 2.61. The number of nitrogens with one attached hydrogen (secondary N) is 1. The van der Waals surface area contributed by atoms with Crippen LogP contribution < -0.4 is 5.32 Å². The average molecular weight is 459 g/mol. The van der Waals surface area contributed by atoms with E-state index < -0.39 is 17.9 Å². The van der Waals surface area contributed by atoms with Crippen molar-refractivity contribution < 1.29 is 23.9 Å². The van der Waals surface area contributed by atoms with E-state index in [2.05, 4.69) is 5.32 Å². The number of ether oxygens (including phenoxy) is 1. The maximum atomic E-state index is 13.5. The summed E-state index contributed by atoms with van der Waals surface area (Å²) in [5.74, 6) is -1.95. The first-order valence-electron chi connectivity index (χ1n) is 11.6. The SMILES string of the molecule is CCOC(=O)c1ccc(NC(=O)[C@H](Cc2ccccc2)N2C(=O)[C@@H]3[C@@H](C2=O)[C@H]2C=C[C@H]3C2)cc1. The Labute approximate surface area is 197 Å². The van der Waals surface area contributed by atoms with Gasteiger partial charge in [0, 0.05) is 12.1 Å². The number of carbonyl (C=O) groups excluding carboxylic acids is 4. The molecule has 1 N–H and O–H groups in total. The molecule has 5 atom stereocenters. The zero-order valence-electron chi connectivity index (χ0n) is 18.8. The molecular weight excluding hydrogens is 432 g/mol. The van der Waals surface area contributed by atoms with Crippen LogP contribution in [0.5, 0.6) is 0 Å². The molecule has 1 heterocycles. The van der Waals surface area contributed by atoms with Gasteiger partial charge in [-0.3, -0.25) is 19.3 Å². The molecule has 0 spiro atoms. The van der Waals surface area contributed by atoms with Crippen molar-refractivity contribution >= 4 is 29.4 Å². The molecule has 1 aliphatic heterocycles. The van der Waals surface area contributed by atoms with Gasteiger partial charge in [-0.25, -0.2) is 4.79 Å². The van der Waals surface area contributed by atoms with Crippen molar-refractivity contribution in [1.82, 2.24) is 4.90 Å². The van der Waals surface area contributed by atoms with E-state index in [1.807, 2.05) is 42.5 Å². The summed E-state index contributed by atoms with van der Waals surface area (Å²) in [5.41, 5.74) is 1.71. The lowest BCUT2D eigenvalue weighted by Crippen LogP contribution is -2.49. The Hall–Kier alpha value is -3.74. The van der Waals surface area contributed by atoms with E-state index in [0.717, 1.165) is 12.0 Å². The third-order valence-corrected chi connectivity index (χ3v) is 7.05. The van der Waals surface area contributed by atoms with Crippen molar-refractivity contribution in [3.63, 3.8) is 0 Å². The van der Waals surface area contributed by atoms with E-state index in [-0.39, 0.29) is 48.5 Å². The van der Waals surface area contributed by atoms with Gasteiger partial charge in [0.15, 0.2) is 0 Å². The second-order valence-corrected chi connectivity index (χ2v) is 9.04. The normalized spacial score (nSPS) is 25.4. The van der Waals surface area contributed by atoms with Crippen molar-refractivity contribution in [2.24, 2.45) is 23.7 Å². The van der Waals surface area contributed by atoms with Gasteiger partial charge in [-0.1, -0.05) is 42.5 Å². The Balaban J connectivity index is 1.39. The highest BCUT2D eigenvalue weighted by molar-refractivity contribution is 6.11. The number of nitrogens with zero attached hydrogens (tertiary/aromatic N) is 1. The Morgan fingerprint density at radius 2 is 1.59 bits per heavy atom. The second-order valence-electron chi connectivity index (χ2n) is 9.04. The number of amides is 3. The lowest BCUT2D eigenvalue weighted by molar-refractivity contribution is -0.147. The summed E-state index contributed by atoms with van der Waals surface area (Å²) in [6.07, 6.45) is 5.14. The quantitative estimate of drug-likeness (QED) is 0.391. The average Bonchev–Trinajstić information content (AvgIpc) is 3.53. The summed E-state index contributed by atoms with van der Waals surface area (Å²) in [4.78, 5) is 53.3. The summed E-state index contributed by atoms with van der Waals surface area (Å²) < 4.78 is 4.99. The van der Waals surface area contributed by atoms with Crippen molar-refractivity contribution in [3.8, 4) is 0 Å². The van der Waals surface area contributed by atoms with Crippen LogP contribution in [0.2, 0.25) is 0 Å². The molecule has 0 radical (unpaired) electrons. The molecule has 174 valence electrons. The van der Waals surface area contributed by atoms with Gasteiger partial charge in [-0.05, 0) is 55.0 Å². The molecule has 7 heteroatoms.